The maximum atomic E-state index is 12.3. The van der Waals surface area contributed by atoms with Crippen molar-refractivity contribution in [2.75, 3.05) is 14.2 Å². The summed E-state index contributed by atoms with van der Waals surface area (Å²) in [4.78, 5) is 11.1. The molecule has 0 atom stereocenters. The van der Waals surface area contributed by atoms with Crippen LogP contribution in [0.15, 0.2) is 23.1 Å². The molecule has 0 spiro atoms. The van der Waals surface area contributed by atoms with Crippen LogP contribution in [0.4, 0.5) is 0 Å². The number of methoxy groups -OCH3 is 1. The third-order valence-corrected chi connectivity index (χ3v) is 5.05. The predicted molar refractivity (Wildman–Crippen MR) is 67.9 cm³/mol. The number of hydrogen-bond acceptors (Lipinski definition) is 4. The van der Waals surface area contributed by atoms with Gasteiger partial charge in [-0.2, -0.15) is 4.31 Å². The Morgan fingerprint density at radius 1 is 1.42 bits per heavy atom. The molecule has 2 rings (SSSR count). The third-order valence-electron chi connectivity index (χ3n) is 3.14. The Morgan fingerprint density at radius 3 is 2.53 bits per heavy atom. The van der Waals surface area contributed by atoms with Gasteiger partial charge in [0, 0.05) is 13.1 Å². The number of rotatable bonds is 5. The van der Waals surface area contributed by atoms with Gasteiger partial charge >= 0.3 is 5.97 Å². The molecule has 1 aromatic carbocycles. The van der Waals surface area contributed by atoms with Gasteiger partial charge in [0.05, 0.1) is 12.0 Å². The topological polar surface area (TPSA) is 83.9 Å². The maximum absolute atomic E-state index is 12.3. The van der Waals surface area contributed by atoms with Crippen LogP contribution < -0.4 is 4.74 Å². The number of aromatic carboxylic acids is 1. The first kappa shape index (κ1) is 13.8. The van der Waals surface area contributed by atoms with Gasteiger partial charge in [-0.25, -0.2) is 13.2 Å². The molecule has 1 N–H and O–H groups in total. The predicted octanol–water partition coefficient (Wildman–Crippen LogP) is 1.18. The second-order valence-corrected chi connectivity index (χ2v) is 6.42. The highest BCUT2D eigenvalue weighted by molar-refractivity contribution is 7.89. The lowest BCUT2D eigenvalue weighted by Crippen LogP contribution is -2.29. The van der Waals surface area contributed by atoms with E-state index >= 15 is 0 Å². The van der Waals surface area contributed by atoms with Gasteiger partial charge in [0.2, 0.25) is 10.0 Å². The highest BCUT2D eigenvalue weighted by Gasteiger charge is 2.35. The van der Waals surface area contributed by atoms with Crippen LogP contribution in [-0.4, -0.2) is 44.0 Å². The van der Waals surface area contributed by atoms with E-state index in [2.05, 4.69) is 0 Å². The molecule has 0 aromatic heterocycles. The van der Waals surface area contributed by atoms with E-state index in [0.717, 1.165) is 18.9 Å². The fourth-order valence-electron chi connectivity index (χ4n) is 1.82. The lowest BCUT2D eigenvalue weighted by molar-refractivity contribution is 0.0693. The number of nitrogens with zero attached hydrogens (tertiary/aromatic N) is 1. The summed E-state index contributed by atoms with van der Waals surface area (Å²) in [5.74, 6) is -1.08. The maximum Gasteiger partial charge on any atom is 0.339 e. The molecule has 0 heterocycles. The Morgan fingerprint density at radius 2 is 2.05 bits per heavy atom. The summed E-state index contributed by atoms with van der Waals surface area (Å²) in [7, 11) is -0.791. The standard InChI is InChI=1S/C12H15NO5S/c1-13(8-3-4-8)19(16,17)9-5-6-11(18-2)10(7-9)12(14)15/h5-8H,3-4H2,1-2H3,(H,14,15). The van der Waals surface area contributed by atoms with Crippen LogP contribution in [-0.2, 0) is 10.0 Å². The Bertz CT molecular complexity index is 607. The van der Waals surface area contributed by atoms with Crippen molar-refractivity contribution in [3.63, 3.8) is 0 Å². The van der Waals surface area contributed by atoms with Crippen molar-refractivity contribution in [1.29, 1.82) is 0 Å². The lowest BCUT2D eigenvalue weighted by atomic mass is 10.2. The minimum atomic E-state index is -3.64. The molecule has 104 valence electrons. The molecular formula is C12H15NO5S. The molecule has 7 heteroatoms. The largest absolute Gasteiger partial charge is 0.496 e. The van der Waals surface area contributed by atoms with Gasteiger partial charge in [0.15, 0.2) is 0 Å². The van der Waals surface area contributed by atoms with Gasteiger partial charge < -0.3 is 9.84 Å². The summed E-state index contributed by atoms with van der Waals surface area (Å²) in [5.41, 5.74) is -0.159. The van der Waals surface area contributed by atoms with E-state index in [0.29, 0.717) is 0 Å². The smallest absolute Gasteiger partial charge is 0.339 e. The molecule has 0 unspecified atom stereocenters. The molecule has 0 amide bonds. The number of carbonyl (C=O) groups is 1. The Hall–Kier alpha value is -1.60. The summed E-state index contributed by atoms with van der Waals surface area (Å²) in [6.07, 6.45) is 1.69. The number of carboxylic acids is 1. The van der Waals surface area contributed by atoms with Crippen LogP contribution in [0.25, 0.3) is 0 Å². The van der Waals surface area contributed by atoms with E-state index in [4.69, 9.17) is 9.84 Å². The zero-order valence-corrected chi connectivity index (χ0v) is 11.5. The van der Waals surface area contributed by atoms with Crippen molar-refractivity contribution >= 4 is 16.0 Å². The van der Waals surface area contributed by atoms with Crippen molar-refractivity contribution in [2.24, 2.45) is 0 Å². The summed E-state index contributed by atoms with van der Waals surface area (Å²) in [6.45, 7) is 0. The lowest BCUT2D eigenvalue weighted by Gasteiger charge is -2.17. The average Bonchev–Trinajstić information content (AvgIpc) is 3.21. The molecule has 0 radical (unpaired) electrons. The molecule has 0 aliphatic heterocycles. The molecule has 1 aromatic rings. The zero-order chi connectivity index (χ0) is 14.2. The molecule has 0 bridgehead atoms. The van der Waals surface area contributed by atoms with Gasteiger partial charge in [-0.3, -0.25) is 0 Å². The van der Waals surface area contributed by atoms with Crippen molar-refractivity contribution < 1.29 is 23.1 Å². The van der Waals surface area contributed by atoms with Crippen molar-refractivity contribution in [3.8, 4) is 5.75 Å². The first-order valence-corrected chi connectivity index (χ1v) is 7.21. The summed E-state index contributed by atoms with van der Waals surface area (Å²) >= 11 is 0. The molecule has 1 saturated carbocycles. The highest BCUT2D eigenvalue weighted by Crippen LogP contribution is 2.31. The van der Waals surface area contributed by atoms with Gasteiger partial charge in [-0.1, -0.05) is 0 Å². The van der Waals surface area contributed by atoms with Crippen LogP contribution in [0.1, 0.15) is 23.2 Å². The first-order valence-electron chi connectivity index (χ1n) is 5.77. The fraction of sp³-hybridized carbons (Fsp3) is 0.417. The van der Waals surface area contributed by atoms with Gasteiger partial charge in [0.25, 0.3) is 0 Å². The molecule has 6 nitrogen and oxygen atoms in total. The van der Waals surface area contributed by atoms with Crippen LogP contribution in [0.2, 0.25) is 0 Å². The van der Waals surface area contributed by atoms with Crippen LogP contribution in [0, 0.1) is 0 Å². The average molecular weight is 285 g/mol. The monoisotopic (exact) mass is 285 g/mol. The Balaban J connectivity index is 2.45. The normalized spacial score (nSPS) is 15.5. The van der Waals surface area contributed by atoms with E-state index in [1.165, 1.54) is 30.6 Å². The number of benzene rings is 1. The van der Waals surface area contributed by atoms with Gasteiger partial charge in [-0.15, -0.1) is 0 Å². The van der Waals surface area contributed by atoms with Crippen molar-refractivity contribution in [2.45, 2.75) is 23.8 Å². The number of sulfonamides is 1. The van der Waals surface area contributed by atoms with Crippen LogP contribution in [0.5, 0.6) is 5.75 Å². The number of carboxylic acid groups (broad SMARTS) is 1. The SMILES string of the molecule is COc1ccc(S(=O)(=O)N(C)C2CC2)cc1C(=O)O. The molecule has 19 heavy (non-hydrogen) atoms. The zero-order valence-electron chi connectivity index (χ0n) is 10.7. The molecular weight excluding hydrogens is 270 g/mol. The molecule has 1 aliphatic rings. The second kappa shape index (κ2) is 4.82. The number of hydrogen-bond donors (Lipinski definition) is 1. The summed E-state index contributed by atoms with van der Waals surface area (Å²) in [6, 6.07) is 3.88. The molecule has 1 fully saturated rings. The minimum Gasteiger partial charge on any atom is -0.496 e. The van der Waals surface area contributed by atoms with Crippen molar-refractivity contribution in [3.05, 3.63) is 23.8 Å². The minimum absolute atomic E-state index is 0.0277. The molecule has 0 saturated heterocycles. The third kappa shape index (κ3) is 2.57. The van der Waals surface area contributed by atoms with Gasteiger partial charge in [0.1, 0.15) is 11.3 Å². The van der Waals surface area contributed by atoms with Gasteiger partial charge in [-0.05, 0) is 31.0 Å². The van der Waals surface area contributed by atoms with E-state index in [1.54, 1.807) is 0 Å². The van der Waals surface area contributed by atoms with E-state index in [9.17, 15) is 13.2 Å². The molecule has 1 aliphatic carbocycles. The number of ether oxygens (including phenoxy) is 1. The highest BCUT2D eigenvalue weighted by atomic mass is 32.2. The van der Waals surface area contributed by atoms with Crippen molar-refractivity contribution in [1.82, 2.24) is 4.31 Å². The quantitative estimate of drug-likeness (QED) is 0.878. The van der Waals surface area contributed by atoms with E-state index in [-0.39, 0.29) is 22.3 Å². The van der Waals surface area contributed by atoms with Crippen LogP contribution >= 0.6 is 0 Å². The fourth-order valence-corrected chi connectivity index (χ4v) is 3.26. The van der Waals surface area contributed by atoms with E-state index in [1.807, 2.05) is 0 Å². The Labute approximate surface area is 111 Å². The van der Waals surface area contributed by atoms with E-state index < -0.39 is 16.0 Å². The summed E-state index contributed by atoms with van der Waals surface area (Å²) < 4.78 is 30.8. The first-order chi connectivity index (χ1) is 8.87. The Kier molecular flexibility index (Phi) is 3.51. The second-order valence-electron chi connectivity index (χ2n) is 4.42. The van der Waals surface area contributed by atoms with Crippen LogP contribution in [0.3, 0.4) is 0 Å². The summed E-state index contributed by atoms with van der Waals surface area (Å²) in [5, 5.41) is 9.06.